The quantitative estimate of drug-likeness (QED) is 0.737. The summed E-state index contributed by atoms with van der Waals surface area (Å²) in [5.41, 5.74) is 0.245. The number of furan rings is 1. The lowest BCUT2D eigenvalue weighted by atomic mass is 10.2. The average molecular weight is 388 g/mol. The molecule has 2 aromatic rings. The van der Waals surface area contributed by atoms with Crippen LogP contribution in [0.1, 0.15) is 17.7 Å². The molecule has 0 aliphatic carbocycles. The van der Waals surface area contributed by atoms with Gasteiger partial charge in [-0.2, -0.15) is 0 Å². The number of nitrogens with zero attached hydrogens (tertiary/aromatic N) is 1. The topological polar surface area (TPSA) is 79.6 Å². The molecule has 0 radical (unpaired) electrons. The van der Waals surface area contributed by atoms with Gasteiger partial charge in [-0.05, 0) is 36.0 Å². The number of hydrogen-bond donors (Lipinski definition) is 1. The zero-order valence-electron chi connectivity index (χ0n) is 14.3. The first kappa shape index (κ1) is 18.9. The molecular formula is C19H17FN2O4S. The molecule has 0 bridgehead atoms. The van der Waals surface area contributed by atoms with Crippen molar-refractivity contribution in [1.82, 2.24) is 10.2 Å². The van der Waals surface area contributed by atoms with Crippen LogP contribution in [0.3, 0.4) is 0 Å². The summed E-state index contributed by atoms with van der Waals surface area (Å²) in [6.07, 6.45) is 3.64. The molecule has 1 fully saturated rings. The van der Waals surface area contributed by atoms with Gasteiger partial charge >= 0.3 is 0 Å². The van der Waals surface area contributed by atoms with Crippen molar-refractivity contribution in [3.63, 3.8) is 0 Å². The van der Waals surface area contributed by atoms with E-state index in [0.717, 1.165) is 22.4 Å². The van der Waals surface area contributed by atoms with Crippen LogP contribution >= 0.6 is 11.8 Å². The first-order chi connectivity index (χ1) is 13.0. The Morgan fingerprint density at radius 2 is 2.04 bits per heavy atom. The first-order valence-electron chi connectivity index (χ1n) is 8.33. The van der Waals surface area contributed by atoms with Gasteiger partial charge in [-0.15, -0.1) is 0 Å². The van der Waals surface area contributed by atoms with E-state index in [1.54, 1.807) is 30.5 Å². The van der Waals surface area contributed by atoms with Gasteiger partial charge in [0.25, 0.3) is 11.1 Å². The molecule has 8 heteroatoms. The number of amides is 3. The largest absolute Gasteiger partial charge is 0.469 e. The third kappa shape index (κ3) is 4.85. The zero-order chi connectivity index (χ0) is 19.2. The monoisotopic (exact) mass is 388 g/mol. The van der Waals surface area contributed by atoms with E-state index >= 15 is 0 Å². The summed E-state index contributed by atoms with van der Waals surface area (Å²) in [5, 5.41) is 2.23. The van der Waals surface area contributed by atoms with Gasteiger partial charge in [0, 0.05) is 31.5 Å². The average Bonchev–Trinajstić information content (AvgIpc) is 3.25. The van der Waals surface area contributed by atoms with Gasteiger partial charge in [-0.25, -0.2) is 4.39 Å². The minimum Gasteiger partial charge on any atom is -0.469 e. The molecule has 1 aliphatic rings. The Labute approximate surface area is 159 Å². The molecule has 0 spiro atoms. The van der Waals surface area contributed by atoms with Crippen LogP contribution in [0.5, 0.6) is 0 Å². The van der Waals surface area contributed by atoms with Gasteiger partial charge in [0.1, 0.15) is 11.6 Å². The summed E-state index contributed by atoms with van der Waals surface area (Å²) in [6, 6.07) is 9.55. The number of imide groups is 1. The molecule has 0 atom stereocenters. The Hall–Kier alpha value is -2.87. The molecule has 1 aromatic carbocycles. The fraction of sp³-hybridized carbons (Fsp3) is 0.211. The standard InChI is InChI=1S/C19H17FN2O4S/c20-15-6-2-1-4-13(15)12-16-18(24)22(19(25)27-16)10-9-21-17(23)8-7-14-5-3-11-26-14/h1-6,11-12H,7-10H2,(H,21,23)/b16-12-. The molecule has 2 heterocycles. The van der Waals surface area contributed by atoms with Crippen LogP contribution in [-0.2, 0) is 16.0 Å². The predicted molar refractivity (Wildman–Crippen MR) is 99.1 cm³/mol. The SMILES string of the molecule is O=C(CCc1ccco1)NCCN1C(=O)S/C(=C\c2ccccc2F)C1=O. The number of thioether (sulfide) groups is 1. The Kier molecular flexibility index (Phi) is 6.08. The second-order valence-electron chi connectivity index (χ2n) is 5.78. The molecule has 140 valence electrons. The summed E-state index contributed by atoms with van der Waals surface area (Å²) in [5.74, 6) is -0.430. The highest BCUT2D eigenvalue weighted by Gasteiger charge is 2.34. The summed E-state index contributed by atoms with van der Waals surface area (Å²) in [6.45, 7) is 0.216. The predicted octanol–water partition coefficient (Wildman–Crippen LogP) is 3.20. The number of carbonyl (C=O) groups excluding carboxylic acids is 3. The minimum atomic E-state index is -0.488. The van der Waals surface area contributed by atoms with Gasteiger partial charge in [-0.3, -0.25) is 19.3 Å². The Balaban J connectivity index is 1.50. The number of hydrogen-bond acceptors (Lipinski definition) is 5. The van der Waals surface area contributed by atoms with Gasteiger partial charge in [-0.1, -0.05) is 18.2 Å². The van der Waals surface area contributed by atoms with Gasteiger partial charge in [0.2, 0.25) is 5.91 Å². The van der Waals surface area contributed by atoms with Gasteiger partial charge < -0.3 is 9.73 Å². The summed E-state index contributed by atoms with van der Waals surface area (Å²) in [7, 11) is 0. The van der Waals surface area contributed by atoms with E-state index in [-0.39, 0.29) is 35.9 Å². The summed E-state index contributed by atoms with van der Waals surface area (Å²) < 4.78 is 18.9. The van der Waals surface area contributed by atoms with E-state index in [2.05, 4.69) is 5.32 Å². The maximum absolute atomic E-state index is 13.7. The van der Waals surface area contributed by atoms with Crippen LogP contribution in [0.2, 0.25) is 0 Å². The molecular weight excluding hydrogens is 371 g/mol. The molecule has 0 saturated carbocycles. The van der Waals surface area contributed by atoms with Crippen molar-refractivity contribution in [2.75, 3.05) is 13.1 Å². The van der Waals surface area contributed by atoms with Crippen LogP contribution in [-0.4, -0.2) is 35.0 Å². The van der Waals surface area contributed by atoms with E-state index in [0.29, 0.717) is 6.42 Å². The number of rotatable bonds is 7. The smallest absolute Gasteiger partial charge is 0.293 e. The maximum atomic E-state index is 13.7. The molecule has 1 aliphatic heterocycles. The fourth-order valence-corrected chi connectivity index (χ4v) is 3.37. The maximum Gasteiger partial charge on any atom is 0.293 e. The highest BCUT2D eigenvalue weighted by molar-refractivity contribution is 8.18. The Morgan fingerprint density at radius 1 is 1.22 bits per heavy atom. The lowest BCUT2D eigenvalue weighted by molar-refractivity contribution is -0.124. The third-order valence-corrected chi connectivity index (χ3v) is 4.81. The normalized spacial score (nSPS) is 15.6. The number of carbonyl (C=O) groups is 3. The number of benzene rings is 1. The Bertz CT molecular complexity index is 880. The van der Waals surface area contributed by atoms with Crippen LogP contribution in [0, 0.1) is 5.82 Å². The molecule has 3 amide bonds. The van der Waals surface area contributed by atoms with E-state index < -0.39 is 17.0 Å². The van der Waals surface area contributed by atoms with Crippen LogP contribution < -0.4 is 5.32 Å². The molecule has 1 aromatic heterocycles. The highest BCUT2D eigenvalue weighted by atomic mass is 32.2. The van der Waals surface area contributed by atoms with Crippen molar-refractivity contribution in [2.45, 2.75) is 12.8 Å². The van der Waals surface area contributed by atoms with Crippen molar-refractivity contribution >= 4 is 34.9 Å². The molecule has 3 rings (SSSR count). The van der Waals surface area contributed by atoms with Crippen LogP contribution in [0.25, 0.3) is 6.08 Å². The second-order valence-corrected chi connectivity index (χ2v) is 6.78. The lowest BCUT2D eigenvalue weighted by Crippen LogP contribution is -2.37. The number of nitrogens with one attached hydrogen (secondary N) is 1. The van der Waals surface area contributed by atoms with Crippen molar-refractivity contribution in [3.8, 4) is 0 Å². The minimum absolute atomic E-state index is 0.0613. The molecule has 27 heavy (non-hydrogen) atoms. The lowest BCUT2D eigenvalue weighted by Gasteiger charge is -2.12. The molecule has 0 unspecified atom stereocenters. The summed E-state index contributed by atoms with van der Waals surface area (Å²) >= 11 is 0.759. The van der Waals surface area contributed by atoms with Crippen LogP contribution in [0.15, 0.2) is 52.0 Å². The fourth-order valence-electron chi connectivity index (χ4n) is 2.51. The van der Waals surface area contributed by atoms with Gasteiger partial charge in [0.05, 0.1) is 11.2 Å². The van der Waals surface area contributed by atoms with Gasteiger partial charge in [0.15, 0.2) is 0 Å². The van der Waals surface area contributed by atoms with Crippen molar-refractivity contribution < 1.29 is 23.2 Å². The number of halogens is 1. The van der Waals surface area contributed by atoms with E-state index in [1.165, 1.54) is 18.2 Å². The molecule has 6 nitrogen and oxygen atoms in total. The summed E-state index contributed by atoms with van der Waals surface area (Å²) in [4.78, 5) is 37.4. The number of aryl methyl sites for hydroxylation is 1. The third-order valence-electron chi connectivity index (χ3n) is 3.90. The van der Waals surface area contributed by atoms with Crippen molar-refractivity contribution in [3.05, 3.63) is 64.7 Å². The first-order valence-corrected chi connectivity index (χ1v) is 9.15. The van der Waals surface area contributed by atoms with Crippen molar-refractivity contribution in [1.29, 1.82) is 0 Å². The molecule has 1 N–H and O–H groups in total. The highest BCUT2D eigenvalue weighted by Crippen LogP contribution is 2.32. The van der Waals surface area contributed by atoms with Crippen molar-refractivity contribution in [2.24, 2.45) is 0 Å². The Morgan fingerprint density at radius 3 is 2.78 bits per heavy atom. The van der Waals surface area contributed by atoms with E-state index in [1.807, 2.05) is 0 Å². The van der Waals surface area contributed by atoms with E-state index in [4.69, 9.17) is 4.42 Å². The second kappa shape index (κ2) is 8.68. The zero-order valence-corrected chi connectivity index (χ0v) is 15.1. The van der Waals surface area contributed by atoms with E-state index in [9.17, 15) is 18.8 Å². The molecule has 1 saturated heterocycles. The van der Waals surface area contributed by atoms with Crippen LogP contribution in [0.4, 0.5) is 9.18 Å².